The van der Waals surface area contributed by atoms with Crippen LogP contribution in [-0.4, -0.2) is 19.3 Å². The van der Waals surface area contributed by atoms with Gasteiger partial charge in [-0.15, -0.1) is 11.3 Å². The second-order valence-electron chi connectivity index (χ2n) is 6.05. The number of nitrogens with zero attached hydrogens (tertiary/aromatic N) is 4. The van der Waals surface area contributed by atoms with Crippen LogP contribution in [0.2, 0.25) is 0 Å². The minimum absolute atomic E-state index is 0.0461. The van der Waals surface area contributed by atoms with Gasteiger partial charge in [-0.2, -0.15) is 0 Å². The van der Waals surface area contributed by atoms with Crippen molar-refractivity contribution in [2.75, 3.05) is 5.32 Å². The fourth-order valence-electron chi connectivity index (χ4n) is 2.83. The molecule has 140 valence electrons. The van der Waals surface area contributed by atoms with Crippen molar-refractivity contribution >= 4 is 28.5 Å². The van der Waals surface area contributed by atoms with Crippen LogP contribution in [0.1, 0.15) is 10.6 Å². The zero-order valence-corrected chi connectivity index (χ0v) is 15.6. The van der Waals surface area contributed by atoms with Crippen LogP contribution in [0.3, 0.4) is 0 Å². The van der Waals surface area contributed by atoms with Crippen LogP contribution in [-0.2, 0) is 6.54 Å². The van der Waals surface area contributed by atoms with E-state index in [1.54, 1.807) is 18.2 Å². The number of pyridine rings is 1. The van der Waals surface area contributed by atoms with E-state index in [0.717, 1.165) is 25.5 Å². The molecule has 0 saturated carbocycles. The third-order valence-electron chi connectivity index (χ3n) is 4.22. The van der Waals surface area contributed by atoms with E-state index >= 15 is 0 Å². The lowest BCUT2D eigenvalue weighted by Gasteiger charge is -2.07. The van der Waals surface area contributed by atoms with Gasteiger partial charge >= 0.3 is 11.2 Å². The van der Waals surface area contributed by atoms with Crippen molar-refractivity contribution in [2.45, 2.75) is 13.5 Å². The third kappa shape index (κ3) is 3.23. The van der Waals surface area contributed by atoms with Gasteiger partial charge in [-0.05, 0) is 19.1 Å². The number of nitro groups is 1. The molecule has 0 atom stereocenters. The first-order chi connectivity index (χ1) is 13.5. The average molecular weight is 393 g/mol. The second-order valence-corrected chi connectivity index (χ2v) is 7.13. The largest absolute Gasteiger partial charge is 0.376 e. The summed E-state index contributed by atoms with van der Waals surface area (Å²) < 4.78 is 1.16. The Labute approximate surface area is 163 Å². The molecule has 0 saturated heterocycles. The molecule has 8 nitrogen and oxygen atoms in total. The number of aryl methyl sites for hydroxylation is 1. The summed E-state index contributed by atoms with van der Waals surface area (Å²) in [6.07, 6.45) is 1.46. The van der Waals surface area contributed by atoms with E-state index < -0.39 is 16.2 Å². The molecule has 4 aromatic rings. The molecule has 9 heteroatoms. The molecule has 0 bridgehead atoms. The third-order valence-corrected chi connectivity index (χ3v) is 5.43. The van der Waals surface area contributed by atoms with Gasteiger partial charge in [-0.3, -0.25) is 19.3 Å². The summed E-state index contributed by atoms with van der Waals surface area (Å²) in [6, 6.07) is 14.8. The number of fused-ring (bicyclic) bond motifs is 1. The zero-order chi connectivity index (χ0) is 19.7. The number of hydrogen-bond donors (Lipinski definition) is 1. The van der Waals surface area contributed by atoms with Gasteiger partial charge in [0.05, 0.1) is 17.2 Å². The Bertz CT molecular complexity index is 1230. The number of anilines is 1. The van der Waals surface area contributed by atoms with Crippen molar-refractivity contribution < 1.29 is 4.92 Å². The minimum atomic E-state index is -0.718. The number of hydrogen-bond acceptors (Lipinski definition) is 7. The van der Waals surface area contributed by atoms with Crippen LogP contribution < -0.4 is 10.9 Å². The molecule has 3 aromatic heterocycles. The molecule has 0 spiro atoms. The highest BCUT2D eigenvalue weighted by molar-refractivity contribution is 7.15. The monoisotopic (exact) mass is 393 g/mol. The predicted octanol–water partition coefficient (Wildman–Crippen LogP) is 3.65. The summed E-state index contributed by atoms with van der Waals surface area (Å²) in [5, 5.41) is 15.3. The van der Waals surface area contributed by atoms with Crippen molar-refractivity contribution in [3.63, 3.8) is 0 Å². The molecule has 1 aromatic carbocycles. The second kappa shape index (κ2) is 7.20. The van der Waals surface area contributed by atoms with Gasteiger partial charge in [0.25, 0.3) is 0 Å². The van der Waals surface area contributed by atoms with Gasteiger partial charge in [0.2, 0.25) is 5.82 Å². The maximum atomic E-state index is 12.5. The van der Waals surface area contributed by atoms with Gasteiger partial charge in [-0.1, -0.05) is 36.4 Å². The van der Waals surface area contributed by atoms with Crippen LogP contribution in [0, 0.1) is 17.0 Å². The highest BCUT2D eigenvalue weighted by atomic mass is 32.1. The van der Waals surface area contributed by atoms with Gasteiger partial charge in [-0.25, -0.2) is 9.97 Å². The van der Waals surface area contributed by atoms with E-state index in [2.05, 4.69) is 15.3 Å². The van der Waals surface area contributed by atoms with Gasteiger partial charge in [0, 0.05) is 16.6 Å². The van der Waals surface area contributed by atoms with Crippen molar-refractivity contribution in [1.82, 2.24) is 14.4 Å². The summed E-state index contributed by atoms with van der Waals surface area (Å²) in [5.74, 6) is -0.0461. The fourth-order valence-corrected chi connectivity index (χ4v) is 3.84. The van der Waals surface area contributed by atoms with Crippen molar-refractivity contribution in [1.29, 1.82) is 0 Å². The maximum absolute atomic E-state index is 12.5. The summed E-state index contributed by atoms with van der Waals surface area (Å²) in [4.78, 5) is 33.0. The average Bonchev–Trinajstić information content (AvgIpc) is 3.07. The van der Waals surface area contributed by atoms with Crippen molar-refractivity contribution in [3.8, 4) is 10.6 Å². The van der Waals surface area contributed by atoms with E-state index in [1.807, 2.05) is 37.3 Å². The van der Waals surface area contributed by atoms with E-state index in [0.29, 0.717) is 5.65 Å². The Balaban J connectivity index is 1.68. The molecule has 0 aliphatic heterocycles. The van der Waals surface area contributed by atoms with E-state index in [4.69, 9.17) is 0 Å². The molecule has 0 radical (unpaired) electrons. The standard InChI is InChI=1S/C19H15N5O3S/c1-12-14(28-18(21-12)13-7-3-2-4-8-13)11-20-17-16(24(26)27)19(25)23-10-6-5-9-15(23)22-17/h2-10,20H,11H2,1H3. The number of nitrogens with one attached hydrogen (secondary N) is 1. The molecule has 0 fully saturated rings. The predicted molar refractivity (Wildman–Crippen MR) is 108 cm³/mol. The topological polar surface area (TPSA) is 102 Å². The van der Waals surface area contributed by atoms with E-state index in [9.17, 15) is 14.9 Å². The summed E-state index contributed by atoms with van der Waals surface area (Å²) in [6.45, 7) is 2.17. The Morgan fingerprint density at radius 1 is 1.14 bits per heavy atom. The van der Waals surface area contributed by atoms with Crippen LogP contribution in [0.5, 0.6) is 0 Å². The summed E-state index contributed by atoms with van der Waals surface area (Å²) >= 11 is 1.50. The number of thiazole rings is 1. The molecule has 0 aliphatic rings. The smallest absolute Gasteiger partial charge is 0.359 e. The summed E-state index contributed by atoms with van der Waals surface area (Å²) in [7, 11) is 0. The molecule has 3 heterocycles. The van der Waals surface area contributed by atoms with Crippen LogP contribution in [0.4, 0.5) is 11.5 Å². The zero-order valence-electron chi connectivity index (χ0n) is 14.8. The Hall–Kier alpha value is -3.59. The Morgan fingerprint density at radius 2 is 1.89 bits per heavy atom. The Kier molecular flexibility index (Phi) is 4.58. The highest BCUT2D eigenvalue weighted by Gasteiger charge is 2.23. The van der Waals surface area contributed by atoms with Crippen molar-refractivity contribution in [2.24, 2.45) is 0 Å². The first-order valence-corrected chi connectivity index (χ1v) is 9.27. The maximum Gasteiger partial charge on any atom is 0.376 e. The van der Waals surface area contributed by atoms with Crippen LogP contribution >= 0.6 is 11.3 Å². The Morgan fingerprint density at radius 3 is 2.64 bits per heavy atom. The number of rotatable bonds is 5. The van der Waals surface area contributed by atoms with Gasteiger partial charge in [0.15, 0.2) is 0 Å². The molecule has 0 amide bonds. The molecular formula is C19H15N5O3S. The first kappa shape index (κ1) is 17.8. The fraction of sp³-hybridized carbons (Fsp3) is 0.105. The molecule has 0 unspecified atom stereocenters. The highest BCUT2D eigenvalue weighted by Crippen LogP contribution is 2.29. The number of aromatic nitrogens is 3. The minimum Gasteiger partial charge on any atom is -0.359 e. The quantitative estimate of drug-likeness (QED) is 0.410. The van der Waals surface area contributed by atoms with E-state index in [1.165, 1.54) is 17.5 Å². The summed E-state index contributed by atoms with van der Waals surface area (Å²) in [5.41, 5.74) is 0.885. The lowest BCUT2D eigenvalue weighted by atomic mass is 10.2. The van der Waals surface area contributed by atoms with Crippen LogP contribution in [0.15, 0.2) is 59.5 Å². The van der Waals surface area contributed by atoms with Gasteiger partial charge < -0.3 is 5.32 Å². The SMILES string of the molecule is Cc1nc(-c2ccccc2)sc1CNc1nc2ccccn2c(=O)c1[N+](=O)[O-]. The molecule has 1 N–H and O–H groups in total. The van der Waals surface area contributed by atoms with E-state index in [-0.39, 0.29) is 12.4 Å². The normalized spacial score (nSPS) is 10.9. The lowest BCUT2D eigenvalue weighted by Crippen LogP contribution is -2.21. The lowest BCUT2D eigenvalue weighted by molar-refractivity contribution is -0.385. The molecule has 0 aliphatic carbocycles. The van der Waals surface area contributed by atoms with Crippen molar-refractivity contribution in [3.05, 3.63) is 85.8 Å². The van der Waals surface area contributed by atoms with Crippen LogP contribution in [0.25, 0.3) is 16.2 Å². The first-order valence-electron chi connectivity index (χ1n) is 8.46. The van der Waals surface area contributed by atoms with Gasteiger partial charge in [0.1, 0.15) is 10.7 Å². The molecular weight excluding hydrogens is 378 g/mol. The number of benzene rings is 1. The molecule has 28 heavy (non-hydrogen) atoms. The molecule has 4 rings (SSSR count).